The second-order valence-corrected chi connectivity index (χ2v) is 6.60. The number of nitrogens with two attached hydrogens (primary N) is 1. The highest BCUT2D eigenvalue weighted by atomic mass is 35.5. The Morgan fingerprint density at radius 2 is 2.09 bits per heavy atom. The van der Waals surface area contributed by atoms with Gasteiger partial charge in [-0.15, -0.1) is 11.8 Å². The lowest BCUT2D eigenvalue weighted by Crippen LogP contribution is -2.36. The number of benzene rings is 1. The molecule has 0 bridgehead atoms. The fraction of sp³-hybridized carbons (Fsp3) is 0.400. The second kappa shape index (κ2) is 7.81. The maximum Gasteiger partial charge on any atom is 0.323 e. The predicted octanol–water partition coefficient (Wildman–Crippen LogP) is 1.60. The number of carbonyl (C=O) groups excluding carboxylic acids is 3. The van der Waals surface area contributed by atoms with Crippen LogP contribution in [-0.4, -0.2) is 41.4 Å². The van der Waals surface area contributed by atoms with Crippen LogP contribution >= 0.6 is 23.4 Å². The summed E-state index contributed by atoms with van der Waals surface area (Å²) in [5.41, 5.74) is 6.19. The summed E-state index contributed by atoms with van der Waals surface area (Å²) < 4.78 is 4.82. The molecule has 1 aliphatic rings. The molecule has 1 saturated heterocycles. The van der Waals surface area contributed by atoms with Crippen LogP contribution in [0.15, 0.2) is 24.3 Å². The molecule has 1 aliphatic heterocycles. The van der Waals surface area contributed by atoms with E-state index in [2.05, 4.69) is 0 Å². The summed E-state index contributed by atoms with van der Waals surface area (Å²) in [7, 11) is 0. The van der Waals surface area contributed by atoms with Crippen molar-refractivity contribution in [3.05, 3.63) is 29.3 Å². The Morgan fingerprint density at radius 3 is 2.70 bits per heavy atom. The van der Waals surface area contributed by atoms with Crippen molar-refractivity contribution in [3.8, 4) is 0 Å². The highest BCUT2D eigenvalue weighted by molar-refractivity contribution is 8.00. The Morgan fingerprint density at radius 1 is 1.43 bits per heavy atom. The first-order valence-corrected chi connectivity index (χ1v) is 8.53. The minimum Gasteiger partial charge on any atom is -0.465 e. The number of amides is 2. The van der Waals surface area contributed by atoms with Crippen LogP contribution in [0.25, 0.3) is 0 Å². The van der Waals surface area contributed by atoms with Gasteiger partial charge in [-0.3, -0.25) is 14.4 Å². The molecule has 0 radical (unpaired) electrons. The predicted molar refractivity (Wildman–Crippen MR) is 89.4 cm³/mol. The van der Waals surface area contributed by atoms with Crippen LogP contribution in [-0.2, 0) is 19.1 Å². The Balaban J connectivity index is 1.98. The molecule has 2 N–H and O–H groups in total. The van der Waals surface area contributed by atoms with Crippen molar-refractivity contribution >= 4 is 46.8 Å². The molecule has 0 unspecified atom stereocenters. The largest absolute Gasteiger partial charge is 0.465 e. The standard InChI is InChI=1S/C15H17ClN2O4S/c1-2-22-15(21)11(17)8-23-12-7-13(19)18(14(12)20)10-5-3-9(16)4-6-10/h3-6,11-12H,2,7-8,17H2,1H3/t11-,12-/m1/s1. The average molecular weight is 357 g/mol. The van der Waals surface area contributed by atoms with Crippen LogP contribution in [0.2, 0.25) is 5.02 Å². The van der Waals surface area contributed by atoms with Crippen molar-refractivity contribution in [2.24, 2.45) is 5.73 Å². The number of rotatable bonds is 6. The Labute approximate surface area is 143 Å². The molecule has 23 heavy (non-hydrogen) atoms. The van der Waals surface area contributed by atoms with Gasteiger partial charge >= 0.3 is 5.97 Å². The first kappa shape index (κ1) is 17.8. The molecule has 0 spiro atoms. The minimum atomic E-state index is -0.813. The molecule has 1 aromatic rings. The molecular formula is C15H17ClN2O4S. The summed E-state index contributed by atoms with van der Waals surface area (Å²) in [6.07, 6.45) is 0.0850. The monoisotopic (exact) mass is 356 g/mol. The van der Waals surface area contributed by atoms with Gasteiger partial charge < -0.3 is 10.5 Å². The van der Waals surface area contributed by atoms with Crippen LogP contribution in [0.4, 0.5) is 5.69 Å². The normalized spacial score (nSPS) is 19.1. The fourth-order valence-electron chi connectivity index (χ4n) is 2.13. The van der Waals surface area contributed by atoms with Gasteiger partial charge in [0.15, 0.2) is 0 Å². The van der Waals surface area contributed by atoms with E-state index in [1.807, 2.05) is 0 Å². The highest BCUT2D eigenvalue weighted by Crippen LogP contribution is 2.30. The molecular weight excluding hydrogens is 340 g/mol. The molecule has 1 heterocycles. The maximum atomic E-state index is 12.4. The quantitative estimate of drug-likeness (QED) is 0.615. The molecule has 2 atom stereocenters. The fourth-order valence-corrected chi connectivity index (χ4v) is 3.34. The third kappa shape index (κ3) is 4.25. The van der Waals surface area contributed by atoms with Gasteiger partial charge in [0.05, 0.1) is 17.5 Å². The van der Waals surface area contributed by atoms with Gasteiger partial charge in [-0.25, -0.2) is 4.90 Å². The zero-order chi connectivity index (χ0) is 17.0. The topological polar surface area (TPSA) is 89.7 Å². The van der Waals surface area contributed by atoms with E-state index in [9.17, 15) is 14.4 Å². The zero-order valence-corrected chi connectivity index (χ0v) is 14.1. The number of imide groups is 1. The number of anilines is 1. The Hall–Kier alpha value is -1.57. The molecule has 1 fully saturated rings. The van der Waals surface area contributed by atoms with Gasteiger partial charge in [-0.05, 0) is 31.2 Å². The number of hydrogen-bond donors (Lipinski definition) is 1. The van der Waals surface area contributed by atoms with Gasteiger partial charge in [0, 0.05) is 17.2 Å². The summed E-state index contributed by atoms with van der Waals surface area (Å²) in [6.45, 7) is 1.95. The lowest BCUT2D eigenvalue weighted by molar-refractivity contribution is -0.144. The van der Waals surface area contributed by atoms with Gasteiger partial charge in [0.2, 0.25) is 11.8 Å². The third-order valence-corrected chi connectivity index (χ3v) is 4.83. The number of carbonyl (C=O) groups is 3. The van der Waals surface area contributed by atoms with Crippen LogP contribution in [0.5, 0.6) is 0 Å². The summed E-state index contributed by atoms with van der Waals surface area (Å²) in [4.78, 5) is 37.1. The van der Waals surface area contributed by atoms with Gasteiger partial charge in [-0.1, -0.05) is 11.6 Å². The summed E-state index contributed by atoms with van der Waals surface area (Å²) in [5, 5.41) is -0.0159. The van der Waals surface area contributed by atoms with E-state index in [-0.39, 0.29) is 30.6 Å². The van der Waals surface area contributed by atoms with E-state index in [1.54, 1.807) is 31.2 Å². The molecule has 1 aromatic carbocycles. The molecule has 2 amide bonds. The number of nitrogens with zero attached hydrogens (tertiary/aromatic N) is 1. The van der Waals surface area contributed by atoms with Crippen molar-refractivity contribution < 1.29 is 19.1 Å². The van der Waals surface area contributed by atoms with Crippen molar-refractivity contribution in [2.75, 3.05) is 17.3 Å². The Bertz CT molecular complexity index is 608. The number of esters is 1. The van der Waals surface area contributed by atoms with E-state index in [1.165, 1.54) is 11.8 Å². The maximum absolute atomic E-state index is 12.4. The number of thioether (sulfide) groups is 1. The van der Waals surface area contributed by atoms with Gasteiger partial charge in [0.25, 0.3) is 0 Å². The number of hydrogen-bond acceptors (Lipinski definition) is 6. The lowest BCUT2D eigenvalue weighted by atomic mass is 10.3. The average Bonchev–Trinajstić information content (AvgIpc) is 2.80. The molecule has 2 rings (SSSR count). The van der Waals surface area contributed by atoms with E-state index < -0.39 is 17.3 Å². The van der Waals surface area contributed by atoms with E-state index >= 15 is 0 Å². The SMILES string of the molecule is CCOC(=O)[C@H](N)CS[C@@H]1CC(=O)N(c2ccc(Cl)cc2)C1=O. The first-order valence-electron chi connectivity index (χ1n) is 7.10. The molecule has 124 valence electrons. The summed E-state index contributed by atoms with van der Waals surface area (Å²) in [5.74, 6) is -0.874. The number of halogens is 1. The van der Waals surface area contributed by atoms with Gasteiger partial charge in [0.1, 0.15) is 6.04 Å². The first-order chi connectivity index (χ1) is 10.9. The Kier molecular flexibility index (Phi) is 6.04. The van der Waals surface area contributed by atoms with Crippen molar-refractivity contribution in [3.63, 3.8) is 0 Å². The lowest BCUT2D eigenvalue weighted by Gasteiger charge is -2.15. The molecule has 0 aliphatic carbocycles. The number of ether oxygens (including phenoxy) is 1. The molecule has 6 nitrogen and oxygen atoms in total. The van der Waals surface area contributed by atoms with Crippen molar-refractivity contribution in [1.29, 1.82) is 0 Å². The third-order valence-electron chi connectivity index (χ3n) is 3.26. The highest BCUT2D eigenvalue weighted by Gasteiger charge is 2.40. The summed E-state index contributed by atoms with van der Waals surface area (Å²) >= 11 is 7.01. The van der Waals surface area contributed by atoms with Crippen LogP contribution in [0.1, 0.15) is 13.3 Å². The molecule has 0 saturated carbocycles. The van der Waals surface area contributed by atoms with Crippen LogP contribution in [0, 0.1) is 0 Å². The van der Waals surface area contributed by atoms with Crippen LogP contribution in [0.3, 0.4) is 0 Å². The minimum absolute atomic E-state index is 0.0850. The van der Waals surface area contributed by atoms with E-state index in [0.717, 1.165) is 4.90 Å². The van der Waals surface area contributed by atoms with Crippen LogP contribution < -0.4 is 10.6 Å². The summed E-state index contributed by atoms with van der Waals surface area (Å²) in [6, 6.07) is 5.67. The molecule has 0 aromatic heterocycles. The smallest absolute Gasteiger partial charge is 0.323 e. The van der Waals surface area contributed by atoms with Crippen molar-refractivity contribution in [1.82, 2.24) is 0 Å². The van der Waals surface area contributed by atoms with E-state index in [0.29, 0.717) is 10.7 Å². The molecule has 8 heteroatoms. The zero-order valence-electron chi connectivity index (χ0n) is 12.5. The van der Waals surface area contributed by atoms with E-state index in [4.69, 9.17) is 22.1 Å². The van der Waals surface area contributed by atoms with Crippen molar-refractivity contribution in [2.45, 2.75) is 24.6 Å². The van der Waals surface area contributed by atoms with Gasteiger partial charge in [-0.2, -0.15) is 0 Å². The second-order valence-electron chi connectivity index (χ2n) is 4.93.